The Morgan fingerprint density at radius 1 is 1.35 bits per heavy atom. The van der Waals surface area contributed by atoms with Gasteiger partial charge in [0.15, 0.2) is 0 Å². The van der Waals surface area contributed by atoms with Crippen molar-refractivity contribution in [1.29, 1.82) is 0 Å². The zero-order chi connectivity index (χ0) is 12.8. The van der Waals surface area contributed by atoms with E-state index in [9.17, 15) is 9.90 Å². The number of hydrogen-bond donors (Lipinski definition) is 2. The van der Waals surface area contributed by atoms with Crippen molar-refractivity contribution < 1.29 is 14.6 Å². The first-order chi connectivity index (χ1) is 8.04. The Labute approximate surface area is 102 Å². The van der Waals surface area contributed by atoms with Crippen LogP contribution in [0.1, 0.15) is 25.5 Å². The molecule has 0 bridgehead atoms. The summed E-state index contributed by atoms with van der Waals surface area (Å²) in [6, 6.07) is 6.06. The third kappa shape index (κ3) is 4.07. The largest absolute Gasteiger partial charge is 0.508 e. The predicted molar refractivity (Wildman–Crippen MR) is 65.7 cm³/mol. The lowest BCUT2D eigenvalue weighted by molar-refractivity contribution is -0.143. The van der Waals surface area contributed by atoms with Crippen LogP contribution in [0, 0.1) is 5.92 Å². The highest BCUT2D eigenvalue weighted by Gasteiger charge is 2.20. The van der Waals surface area contributed by atoms with E-state index in [4.69, 9.17) is 4.74 Å². The molecule has 1 aromatic rings. The molecule has 0 saturated carbocycles. The molecule has 0 aliphatic heterocycles. The van der Waals surface area contributed by atoms with Crippen molar-refractivity contribution in [1.82, 2.24) is 5.32 Å². The van der Waals surface area contributed by atoms with E-state index in [0.29, 0.717) is 5.92 Å². The number of nitrogens with one attached hydrogen (secondary N) is 1. The first-order valence-corrected chi connectivity index (χ1v) is 5.64. The monoisotopic (exact) mass is 237 g/mol. The molecule has 0 radical (unpaired) electrons. The van der Waals surface area contributed by atoms with Crippen molar-refractivity contribution in [2.24, 2.45) is 5.92 Å². The van der Waals surface area contributed by atoms with Crippen molar-refractivity contribution in [2.45, 2.75) is 19.9 Å². The van der Waals surface area contributed by atoms with Gasteiger partial charge in [-0.15, -0.1) is 0 Å². The minimum atomic E-state index is -0.483. The number of hydrogen-bond acceptors (Lipinski definition) is 4. The number of phenols is 1. The number of rotatable bonds is 5. The van der Waals surface area contributed by atoms with Crippen LogP contribution in [0.5, 0.6) is 5.75 Å². The van der Waals surface area contributed by atoms with E-state index in [2.05, 4.69) is 19.2 Å². The second-order valence-corrected chi connectivity index (χ2v) is 4.35. The summed E-state index contributed by atoms with van der Waals surface area (Å²) < 4.78 is 4.77. The Bertz CT molecular complexity index is 359. The van der Waals surface area contributed by atoms with Gasteiger partial charge in [-0.25, -0.2) is 4.79 Å². The number of ether oxygens (including phenoxy) is 1. The lowest BCUT2D eigenvalue weighted by Gasteiger charge is -2.18. The summed E-state index contributed by atoms with van der Waals surface area (Å²) in [4.78, 5) is 11.7. The molecule has 0 aromatic heterocycles. The van der Waals surface area contributed by atoms with E-state index >= 15 is 0 Å². The molecule has 17 heavy (non-hydrogen) atoms. The Morgan fingerprint density at radius 2 is 1.94 bits per heavy atom. The fourth-order valence-corrected chi connectivity index (χ4v) is 1.48. The fourth-order valence-electron chi connectivity index (χ4n) is 1.48. The normalized spacial score (nSPS) is 12.5. The zero-order valence-corrected chi connectivity index (χ0v) is 10.4. The highest BCUT2D eigenvalue weighted by atomic mass is 16.5. The number of esters is 1. The Morgan fingerprint density at radius 3 is 2.41 bits per heavy atom. The quantitative estimate of drug-likeness (QED) is 0.767. The molecule has 0 amide bonds. The van der Waals surface area contributed by atoms with Crippen LogP contribution < -0.4 is 5.32 Å². The van der Waals surface area contributed by atoms with Gasteiger partial charge < -0.3 is 15.2 Å². The second kappa shape index (κ2) is 6.25. The van der Waals surface area contributed by atoms with Crippen molar-refractivity contribution in [3.63, 3.8) is 0 Å². The van der Waals surface area contributed by atoms with Crippen LogP contribution in [-0.4, -0.2) is 24.7 Å². The summed E-state index contributed by atoms with van der Waals surface area (Å²) in [5.41, 5.74) is 0.787. The number of aromatic hydroxyl groups is 1. The molecule has 1 aromatic carbocycles. The molecule has 4 nitrogen and oxygen atoms in total. The van der Waals surface area contributed by atoms with Crippen LogP contribution in [0.4, 0.5) is 0 Å². The van der Waals surface area contributed by atoms with Crippen molar-refractivity contribution in [3.05, 3.63) is 29.8 Å². The van der Waals surface area contributed by atoms with Crippen molar-refractivity contribution in [3.8, 4) is 5.75 Å². The summed E-state index contributed by atoms with van der Waals surface area (Å²) in [6.45, 7) is 4.86. The smallest absolute Gasteiger partial charge is 0.327 e. The topological polar surface area (TPSA) is 58.6 Å². The van der Waals surface area contributed by atoms with Crippen molar-refractivity contribution in [2.75, 3.05) is 13.7 Å². The van der Waals surface area contributed by atoms with Crippen LogP contribution in [0.15, 0.2) is 24.3 Å². The van der Waals surface area contributed by atoms with Crippen molar-refractivity contribution >= 4 is 5.97 Å². The summed E-state index contributed by atoms with van der Waals surface area (Å²) in [5.74, 6) is 0.303. The molecular formula is C13H19NO3. The molecule has 1 atom stereocenters. The first kappa shape index (κ1) is 13.5. The highest BCUT2D eigenvalue weighted by molar-refractivity contribution is 5.77. The molecule has 0 heterocycles. The SMILES string of the molecule is COC(=O)C(NCC(C)C)c1ccc(O)cc1. The third-order valence-corrected chi connectivity index (χ3v) is 2.39. The Hall–Kier alpha value is -1.55. The van der Waals surface area contributed by atoms with E-state index in [1.165, 1.54) is 7.11 Å². The zero-order valence-electron chi connectivity index (χ0n) is 10.4. The maximum absolute atomic E-state index is 11.7. The predicted octanol–water partition coefficient (Wildman–Crippen LogP) is 1.85. The van der Waals surface area contributed by atoms with Gasteiger partial charge in [-0.3, -0.25) is 0 Å². The van der Waals surface area contributed by atoms with Gasteiger partial charge in [0.1, 0.15) is 11.8 Å². The van der Waals surface area contributed by atoms with Gasteiger partial charge in [0.25, 0.3) is 0 Å². The van der Waals surface area contributed by atoms with E-state index < -0.39 is 6.04 Å². The first-order valence-electron chi connectivity index (χ1n) is 5.64. The summed E-state index contributed by atoms with van der Waals surface area (Å²) >= 11 is 0. The van der Waals surface area contributed by atoms with E-state index in [1.54, 1.807) is 24.3 Å². The lowest BCUT2D eigenvalue weighted by Crippen LogP contribution is -2.32. The Balaban J connectivity index is 2.82. The molecule has 4 heteroatoms. The van der Waals surface area contributed by atoms with Gasteiger partial charge in [0, 0.05) is 0 Å². The maximum Gasteiger partial charge on any atom is 0.327 e. The molecule has 0 aliphatic rings. The van der Waals surface area contributed by atoms with Crippen LogP contribution in [0.3, 0.4) is 0 Å². The minimum Gasteiger partial charge on any atom is -0.508 e. The molecule has 1 unspecified atom stereocenters. The molecule has 0 fully saturated rings. The van der Waals surface area contributed by atoms with Gasteiger partial charge >= 0.3 is 5.97 Å². The number of carbonyl (C=O) groups is 1. The molecule has 2 N–H and O–H groups in total. The molecule has 0 aliphatic carbocycles. The maximum atomic E-state index is 11.7. The lowest BCUT2D eigenvalue weighted by atomic mass is 10.1. The number of carbonyl (C=O) groups excluding carboxylic acids is 1. The summed E-state index contributed by atoms with van der Waals surface area (Å²) in [5, 5.41) is 12.4. The van der Waals surface area contributed by atoms with E-state index in [-0.39, 0.29) is 11.7 Å². The van der Waals surface area contributed by atoms with Crippen LogP contribution in [-0.2, 0) is 9.53 Å². The van der Waals surface area contributed by atoms with Gasteiger partial charge in [0.2, 0.25) is 0 Å². The van der Waals surface area contributed by atoms with Crippen LogP contribution in [0.25, 0.3) is 0 Å². The fraction of sp³-hybridized carbons (Fsp3) is 0.462. The standard InChI is InChI=1S/C13H19NO3/c1-9(2)8-14-12(13(16)17-3)10-4-6-11(15)7-5-10/h4-7,9,12,14-15H,8H2,1-3H3. The van der Waals surface area contributed by atoms with Gasteiger partial charge in [-0.1, -0.05) is 26.0 Å². The molecule has 0 saturated heterocycles. The van der Waals surface area contributed by atoms with Crippen LogP contribution in [0.2, 0.25) is 0 Å². The number of methoxy groups -OCH3 is 1. The second-order valence-electron chi connectivity index (χ2n) is 4.35. The minimum absolute atomic E-state index is 0.182. The molecule has 1 rings (SSSR count). The van der Waals surface area contributed by atoms with Gasteiger partial charge in [-0.05, 0) is 30.2 Å². The van der Waals surface area contributed by atoms with Gasteiger partial charge in [-0.2, -0.15) is 0 Å². The molecule has 0 spiro atoms. The third-order valence-electron chi connectivity index (χ3n) is 2.39. The van der Waals surface area contributed by atoms with E-state index in [1.807, 2.05) is 0 Å². The van der Waals surface area contributed by atoms with Gasteiger partial charge in [0.05, 0.1) is 7.11 Å². The average molecular weight is 237 g/mol. The number of benzene rings is 1. The molecule has 94 valence electrons. The summed E-state index contributed by atoms with van der Waals surface area (Å²) in [7, 11) is 1.37. The van der Waals surface area contributed by atoms with Crippen LogP contribution >= 0.6 is 0 Å². The van der Waals surface area contributed by atoms with E-state index in [0.717, 1.165) is 12.1 Å². The average Bonchev–Trinajstić information content (AvgIpc) is 2.30. The number of phenolic OH excluding ortho intramolecular Hbond substituents is 1. The Kier molecular flexibility index (Phi) is 4.97. The highest BCUT2D eigenvalue weighted by Crippen LogP contribution is 2.18. The summed E-state index contributed by atoms with van der Waals surface area (Å²) in [6.07, 6.45) is 0. The molecular weight excluding hydrogens is 218 g/mol.